The summed E-state index contributed by atoms with van der Waals surface area (Å²) < 4.78 is 6.81. The fourth-order valence-corrected chi connectivity index (χ4v) is 2.60. The molecule has 0 aliphatic heterocycles. The molecule has 3 heteroatoms. The lowest BCUT2D eigenvalue weighted by atomic mass is 10.00. The van der Waals surface area contributed by atoms with E-state index >= 15 is 0 Å². The van der Waals surface area contributed by atoms with Gasteiger partial charge in [-0.25, -0.2) is 0 Å². The van der Waals surface area contributed by atoms with E-state index in [0.29, 0.717) is 6.61 Å². The van der Waals surface area contributed by atoms with E-state index in [1.54, 1.807) is 0 Å². The molecule has 2 rings (SSSR count). The molecular weight excluding hydrogens is 374 g/mol. The summed E-state index contributed by atoms with van der Waals surface area (Å²) in [5, 5.41) is 0. The van der Waals surface area contributed by atoms with E-state index < -0.39 is 0 Å². The maximum atomic E-state index is 5.74. The molecule has 0 N–H and O–H groups in total. The van der Waals surface area contributed by atoms with Crippen LogP contribution in [0.3, 0.4) is 0 Å². The van der Waals surface area contributed by atoms with Crippen molar-refractivity contribution in [3.63, 3.8) is 0 Å². The third-order valence-electron chi connectivity index (χ3n) is 3.77. The number of ether oxygens (including phenoxy) is 1. The summed E-state index contributed by atoms with van der Waals surface area (Å²) in [5.41, 5.74) is 3.21. The quantitative estimate of drug-likeness (QED) is 0.513. The lowest BCUT2D eigenvalue weighted by molar-refractivity contribution is 0.360. The number of hydrogen-bond acceptors (Lipinski definition) is 2. The van der Waals surface area contributed by atoms with Crippen LogP contribution in [0.25, 0.3) is 5.57 Å². The smallest absolute Gasteiger partial charge is 0.119 e. The van der Waals surface area contributed by atoms with Crippen molar-refractivity contribution in [3.8, 4) is 5.75 Å². The molecular formula is C22H24BrNO. The van der Waals surface area contributed by atoms with Gasteiger partial charge >= 0.3 is 0 Å². The standard InChI is InChI=1S/C22H24BrNO/c1-4-15-24(3)16-5-6-17-25-22-13-9-20(10-14-22)18(2)19-7-11-21(23)12-8-19/h4-14H,1-2,15-17H2,3H3. The molecule has 0 atom stereocenters. The SMILES string of the molecule is C=CCN(C)CC=CCOc1ccc(C(=C)c2ccc(Br)cc2)cc1. The highest BCUT2D eigenvalue weighted by molar-refractivity contribution is 9.10. The summed E-state index contributed by atoms with van der Waals surface area (Å²) in [4.78, 5) is 2.17. The first-order chi connectivity index (χ1) is 12.1. The Kier molecular flexibility index (Phi) is 7.71. The Hall–Kier alpha value is -2.10. The highest BCUT2D eigenvalue weighted by Crippen LogP contribution is 2.24. The summed E-state index contributed by atoms with van der Waals surface area (Å²) in [5.74, 6) is 0.858. The second-order valence-electron chi connectivity index (χ2n) is 5.80. The van der Waals surface area contributed by atoms with Crippen LogP contribution in [0.1, 0.15) is 11.1 Å². The largest absolute Gasteiger partial charge is 0.490 e. The Morgan fingerprint density at radius 1 is 1.00 bits per heavy atom. The number of rotatable bonds is 9. The minimum absolute atomic E-state index is 0.564. The summed E-state index contributed by atoms with van der Waals surface area (Å²) in [7, 11) is 2.06. The van der Waals surface area contributed by atoms with Crippen molar-refractivity contribution in [2.24, 2.45) is 0 Å². The molecule has 0 saturated heterocycles. The average molecular weight is 398 g/mol. The molecule has 2 aromatic carbocycles. The van der Waals surface area contributed by atoms with Crippen LogP contribution in [0.5, 0.6) is 5.75 Å². The van der Waals surface area contributed by atoms with Gasteiger partial charge in [-0.15, -0.1) is 6.58 Å². The van der Waals surface area contributed by atoms with Crippen molar-refractivity contribution in [1.29, 1.82) is 0 Å². The highest BCUT2D eigenvalue weighted by Gasteiger charge is 2.03. The van der Waals surface area contributed by atoms with Gasteiger partial charge in [0.05, 0.1) is 0 Å². The molecule has 0 aliphatic carbocycles. The van der Waals surface area contributed by atoms with Gasteiger partial charge in [0.25, 0.3) is 0 Å². The van der Waals surface area contributed by atoms with Crippen LogP contribution in [0, 0.1) is 0 Å². The third-order valence-corrected chi connectivity index (χ3v) is 4.29. The predicted octanol–water partition coefficient (Wildman–Crippen LogP) is 5.56. The van der Waals surface area contributed by atoms with Gasteiger partial charge in [0.15, 0.2) is 0 Å². The fourth-order valence-electron chi connectivity index (χ4n) is 2.33. The van der Waals surface area contributed by atoms with Crippen molar-refractivity contribution in [2.45, 2.75) is 0 Å². The van der Waals surface area contributed by atoms with Gasteiger partial charge in [-0.1, -0.05) is 65.0 Å². The van der Waals surface area contributed by atoms with Crippen LogP contribution >= 0.6 is 15.9 Å². The molecule has 0 spiro atoms. The van der Waals surface area contributed by atoms with Crippen molar-refractivity contribution in [3.05, 3.63) is 95.5 Å². The third kappa shape index (κ3) is 6.37. The zero-order chi connectivity index (χ0) is 18.1. The first-order valence-corrected chi connectivity index (χ1v) is 9.02. The van der Waals surface area contributed by atoms with Crippen molar-refractivity contribution in [2.75, 3.05) is 26.7 Å². The van der Waals surface area contributed by atoms with E-state index in [1.807, 2.05) is 48.6 Å². The van der Waals surface area contributed by atoms with E-state index in [-0.39, 0.29) is 0 Å². The minimum atomic E-state index is 0.564. The summed E-state index contributed by atoms with van der Waals surface area (Å²) in [6.07, 6.45) is 6.04. The van der Waals surface area contributed by atoms with Crippen LogP contribution in [-0.2, 0) is 0 Å². The van der Waals surface area contributed by atoms with E-state index in [0.717, 1.165) is 40.0 Å². The predicted molar refractivity (Wildman–Crippen MR) is 111 cm³/mol. The topological polar surface area (TPSA) is 12.5 Å². The number of nitrogens with zero attached hydrogens (tertiary/aromatic N) is 1. The Morgan fingerprint density at radius 3 is 2.20 bits per heavy atom. The Morgan fingerprint density at radius 2 is 1.60 bits per heavy atom. The molecule has 25 heavy (non-hydrogen) atoms. The van der Waals surface area contributed by atoms with Gasteiger partial charge in [-0.3, -0.25) is 4.90 Å². The first kappa shape index (κ1) is 19.2. The summed E-state index contributed by atoms with van der Waals surface area (Å²) in [6, 6.07) is 16.2. The van der Waals surface area contributed by atoms with Crippen LogP contribution < -0.4 is 4.74 Å². The zero-order valence-corrected chi connectivity index (χ0v) is 16.2. The Bertz CT molecular complexity index is 717. The van der Waals surface area contributed by atoms with Gasteiger partial charge in [0, 0.05) is 17.6 Å². The molecule has 0 bridgehead atoms. The maximum absolute atomic E-state index is 5.74. The van der Waals surface area contributed by atoms with E-state index in [2.05, 4.69) is 59.2 Å². The van der Waals surface area contributed by atoms with Crippen LogP contribution in [0.2, 0.25) is 0 Å². The number of hydrogen-bond donors (Lipinski definition) is 0. The number of benzene rings is 2. The molecule has 0 aliphatic rings. The van der Waals surface area contributed by atoms with Crippen LogP contribution in [0.4, 0.5) is 0 Å². The molecule has 0 heterocycles. The molecule has 0 amide bonds. The molecule has 130 valence electrons. The van der Waals surface area contributed by atoms with Crippen molar-refractivity contribution >= 4 is 21.5 Å². The second kappa shape index (κ2) is 10.0. The number of halogens is 1. The molecule has 0 saturated carbocycles. The van der Waals surface area contributed by atoms with Crippen molar-refractivity contribution < 1.29 is 4.74 Å². The van der Waals surface area contributed by atoms with E-state index in [1.165, 1.54) is 0 Å². The lowest BCUT2D eigenvalue weighted by Crippen LogP contribution is -2.17. The molecule has 0 unspecified atom stereocenters. The van der Waals surface area contributed by atoms with Crippen molar-refractivity contribution in [1.82, 2.24) is 4.90 Å². The van der Waals surface area contributed by atoms with Crippen LogP contribution in [-0.4, -0.2) is 31.6 Å². The van der Waals surface area contributed by atoms with Gasteiger partial charge < -0.3 is 4.74 Å². The molecule has 0 radical (unpaired) electrons. The minimum Gasteiger partial charge on any atom is -0.490 e. The van der Waals surface area contributed by atoms with Gasteiger partial charge in [0.1, 0.15) is 12.4 Å². The molecule has 2 aromatic rings. The highest BCUT2D eigenvalue weighted by atomic mass is 79.9. The lowest BCUT2D eigenvalue weighted by Gasteiger charge is -2.10. The summed E-state index contributed by atoms with van der Waals surface area (Å²) >= 11 is 3.45. The number of likely N-dealkylation sites (N-methyl/N-ethyl adjacent to an activating group) is 1. The normalized spacial score (nSPS) is 11.0. The molecule has 0 fully saturated rings. The van der Waals surface area contributed by atoms with Gasteiger partial charge in [-0.2, -0.15) is 0 Å². The van der Waals surface area contributed by atoms with E-state index in [9.17, 15) is 0 Å². The average Bonchev–Trinajstić information content (AvgIpc) is 2.62. The first-order valence-electron chi connectivity index (χ1n) is 8.22. The maximum Gasteiger partial charge on any atom is 0.119 e. The fraction of sp³-hybridized carbons (Fsp3) is 0.182. The summed E-state index contributed by atoms with van der Waals surface area (Å²) in [6.45, 7) is 10.3. The Labute approximate surface area is 159 Å². The molecule has 2 nitrogen and oxygen atoms in total. The van der Waals surface area contributed by atoms with Gasteiger partial charge in [0.2, 0.25) is 0 Å². The van der Waals surface area contributed by atoms with E-state index in [4.69, 9.17) is 4.74 Å². The molecule has 0 aromatic heterocycles. The zero-order valence-electron chi connectivity index (χ0n) is 14.6. The van der Waals surface area contributed by atoms with Crippen LogP contribution in [0.15, 0.2) is 84.4 Å². The monoisotopic (exact) mass is 397 g/mol. The Balaban J connectivity index is 1.85. The second-order valence-corrected chi connectivity index (χ2v) is 6.72. The van der Waals surface area contributed by atoms with Gasteiger partial charge in [-0.05, 0) is 48.0 Å².